The molecule has 0 aromatic heterocycles. The van der Waals surface area contributed by atoms with Crippen LogP contribution < -0.4 is 5.32 Å². The van der Waals surface area contributed by atoms with Crippen LogP contribution in [0.15, 0.2) is 12.1 Å². The summed E-state index contributed by atoms with van der Waals surface area (Å²) in [6, 6.07) is 3.16. The van der Waals surface area contributed by atoms with Gasteiger partial charge in [0, 0.05) is 17.4 Å². The Morgan fingerprint density at radius 3 is 2.59 bits per heavy atom. The van der Waals surface area contributed by atoms with Crippen LogP contribution in [-0.2, 0) is 0 Å². The normalized spacial score (nSPS) is 12.8. The molecule has 0 aliphatic heterocycles. The van der Waals surface area contributed by atoms with Crippen LogP contribution in [0, 0.1) is 18.6 Å². The summed E-state index contributed by atoms with van der Waals surface area (Å²) in [4.78, 5) is 0. The fraction of sp³-hybridized carbons (Fsp3) is 0.538. The lowest BCUT2D eigenvalue weighted by molar-refractivity contribution is 0.479. The van der Waals surface area contributed by atoms with Crippen molar-refractivity contribution in [2.24, 2.45) is 0 Å². The van der Waals surface area contributed by atoms with E-state index in [-0.39, 0.29) is 6.04 Å². The van der Waals surface area contributed by atoms with E-state index in [0.29, 0.717) is 11.1 Å². The van der Waals surface area contributed by atoms with Crippen molar-refractivity contribution in [1.29, 1.82) is 0 Å². The van der Waals surface area contributed by atoms with E-state index in [1.165, 1.54) is 0 Å². The summed E-state index contributed by atoms with van der Waals surface area (Å²) >= 11 is 1.75. The van der Waals surface area contributed by atoms with Gasteiger partial charge in [0.25, 0.3) is 0 Å². The van der Waals surface area contributed by atoms with Gasteiger partial charge in [0.05, 0.1) is 0 Å². The van der Waals surface area contributed by atoms with E-state index in [1.807, 2.05) is 0 Å². The molecule has 0 saturated carbocycles. The molecule has 1 aromatic carbocycles. The van der Waals surface area contributed by atoms with Crippen molar-refractivity contribution in [3.63, 3.8) is 0 Å². The lowest BCUT2D eigenvalue weighted by atomic mass is 10.1. The summed E-state index contributed by atoms with van der Waals surface area (Å²) in [5, 5.41) is 3.04. The van der Waals surface area contributed by atoms with Crippen molar-refractivity contribution in [2.75, 3.05) is 18.6 Å². The highest BCUT2D eigenvalue weighted by atomic mass is 32.2. The minimum atomic E-state index is -0.733. The summed E-state index contributed by atoms with van der Waals surface area (Å²) in [6.45, 7) is 3.68. The number of rotatable bonds is 6. The second-order valence-electron chi connectivity index (χ2n) is 4.02. The van der Waals surface area contributed by atoms with Crippen LogP contribution >= 0.6 is 11.8 Å². The quantitative estimate of drug-likeness (QED) is 0.782. The van der Waals surface area contributed by atoms with Crippen molar-refractivity contribution in [2.45, 2.75) is 26.3 Å². The first-order valence-corrected chi connectivity index (χ1v) is 6.96. The third-order valence-corrected chi connectivity index (χ3v) is 3.93. The van der Waals surface area contributed by atoms with Crippen LogP contribution in [0.2, 0.25) is 0 Å². The zero-order valence-electron chi connectivity index (χ0n) is 10.5. The molecule has 1 unspecified atom stereocenters. The number of hydrogen-bond acceptors (Lipinski definition) is 2. The van der Waals surface area contributed by atoms with Gasteiger partial charge in [-0.1, -0.05) is 19.1 Å². The van der Waals surface area contributed by atoms with Gasteiger partial charge in [-0.15, -0.1) is 0 Å². The zero-order valence-corrected chi connectivity index (χ0v) is 11.3. The summed E-state index contributed by atoms with van der Waals surface area (Å²) in [5.74, 6) is 0.336. The third kappa shape index (κ3) is 3.68. The first-order chi connectivity index (χ1) is 8.11. The molecule has 0 bridgehead atoms. The predicted molar refractivity (Wildman–Crippen MR) is 70.5 cm³/mol. The van der Waals surface area contributed by atoms with Crippen molar-refractivity contribution in [3.8, 4) is 0 Å². The maximum absolute atomic E-state index is 13.8. The van der Waals surface area contributed by atoms with Crippen molar-refractivity contribution in [3.05, 3.63) is 34.9 Å². The molecule has 0 aliphatic carbocycles. The molecular formula is C13H19F2NS. The molecule has 1 rings (SSSR count). The number of aryl methyl sites for hydroxylation is 1. The summed E-state index contributed by atoms with van der Waals surface area (Å²) in [5.41, 5.74) is 0.765. The Morgan fingerprint density at radius 2 is 2.00 bits per heavy atom. The predicted octanol–water partition coefficient (Wildman–Crippen LogP) is 3.68. The van der Waals surface area contributed by atoms with Gasteiger partial charge in [-0.3, -0.25) is 0 Å². The van der Waals surface area contributed by atoms with E-state index >= 15 is 0 Å². The van der Waals surface area contributed by atoms with Gasteiger partial charge >= 0.3 is 0 Å². The largest absolute Gasteiger partial charge is 0.312 e. The van der Waals surface area contributed by atoms with E-state index < -0.39 is 11.6 Å². The van der Waals surface area contributed by atoms with Crippen molar-refractivity contribution in [1.82, 2.24) is 5.32 Å². The van der Waals surface area contributed by atoms with E-state index in [4.69, 9.17) is 0 Å². The number of hydrogen-bond donors (Lipinski definition) is 1. The zero-order chi connectivity index (χ0) is 12.8. The van der Waals surface area contributed by atoms with Crippen molar-refractivity contribution < 1.29 is 8.78 Å². The van der Waals surface area contributed by atoms with Gasteiger partial charge in [-0.25, -0.2) is 8.78 Å². The highest BCUT2D eigenvalue weighted by Gasteiger charge is 2.18. The Hall–Kier alpha value is -0.610. The van der Waals surface area contributed by atoms with Gasteiger partial charge in [0.15, 0.2) is 11.6 Å². The molecule has 1 N–H and O–H groups in total. The minimum Gasteiger partial charge on any atom is -0.312 e. The average Bonchev–Trinajstić information content (AvgIpc) is 2.33. The number of benzene rings is 1. The van der Waals surface area contributed by atoms with Gasteiger partial charge < -0.3 is 5.32 Å². The number of thioether (sulfide) groups is 1. The lowest BCUT2D eigenvalue weighted by Crippen LogP contribution is -2.21. The first-order valence-electron chi connectivity index (χ1n) is 5.81. The molecule has 0 aliphatic rings. The molecular weight excluding hydrogens is 240 g/mol. The molecule has 0 saturated heterocycles. The van der Waals surface area contributed by atoms with Crippen LogP contribution in [0.1, 0.15) is 30.5 Å². The second kappa shape index (κ2) is 6.97. The number of nitrogens with one attached hydrogen (secondary N) is 1. The molecule has 96 valence electrons. The average molecular weight is 259 g/mol. The summed E-state index contributed by atoms with van der Waals surface area (Å²) in [6.07, 6.45) is 1.09. The molecule has 0 amide bonds. The van der Waals surface area contributed by atoms with E-state index in [1.54, 1.807) is 37.9 Å². The van der Waals surface area contributed by atoms with Crippen LogP contribution in [0.25, 0.3) is 0 Å². The van der Waals surface area contributed by atoms with Gasteiger partial charge in [0.1, 0.15) is 0 Å². The Balaban J connectivity index is 2.85. The Bertz CT molecular complexity index is 369. The fourth-order valence-corrected chi connectivity index (χ4v) is 2.64. The highest BCUT2D eigenvalue weighted by Crippen LogP contribution is 2.24. The Labute approximate surface area is 106 Å². The van der Waals surface area contributed by atoms with Crippen LogP contribution in [-0.4, -0.2) is 18.6 Å². The van der Waals surface area contributed by atoms with Crippen LogP contribution in [0.4, 0.5) is 8.78 Å². The topological polar surface area (TPSA) is 12.0 Å². The molecule has 17 heavy (non-hydrogen) atoms. The van der Waals surface area contributed by atoms with E-state index in [2.05, 4.69) is 12.2 Å². The molecule has 1 atom stereocenters. The van der Waals surface area contributed by atoms with Crippen LogP contribution in [0.5, 0.6) is 0 Å². The molecule has 1 nitrogen and oxygen atoms in total. The molecule has 0 heterocycles. The standard InChI is InChI=1S/C13H19F2NS/c1-4-7-17-8-11(16-3)10-6-5-9(2)12(14)13(10)15/h5-6,11,16H,4,7-8H2,1-3H3. The van der Waals surface area contributed by atoms with Gasteiger partial charge in [-0.2, -0.15) is 11.8 Å². The summed E-state index contributed by atoms with van der Waals surface area (Å²) in [7, 11) is 1.77. The van der Waals surface area contributed by atoms with Gasteiger partial charge in [-0.05, 0) is 31.7 Å². The Kier molecular flexibility index (Phi) is 5.92. The molecule has 1 aromatic rings. The SMILES string of the molecule is CCCSCC(NC)c1ccc(C)c(F)c1F. The lowest BCUT2D eigenvalue weighted by Gasteiger charge is -2.17. The smallest absolute Gasteiger partial charge is 0.163 e. The van der Waals surface area contributed by atoms with Gasteiger partial charge in [0.2, 0.25) is 0 Å². The molecule has 4 heteroatoms. The van der Waals surface area contributed by atoms with E-state index in [0.717, 1.165) is 17.9 Å². The molecule has 0 radical (unpaired) electrons. The third-order valence-electron chi connectivity index (χ3n) is 2.66. The Morgan fingerprint density at radius 1 is 1.29 bits per heavy atom. The van der Waals surface area contributed by atoms with Crippen LogP contribution in [0.3, 0.4) is 0 Å². The fourth-order valence-electron chi connectivity index (χ4n) is 1.60. The molecule has 0 fully saturated rings. The maximum atomic E-state index is 13.8. The molecule has 0 spiro atoms. The van der Waals surface area contributed by atoms with Crippen molar-refractivity contribution >= 4 is 11.8 Å². The first kappa shape index (κ1) is 14.5. The summed E-state index contributed by atoms with van der Waals surface area (Å²) < 4.78 is 27.3. The highest BCUT2D eigenvalue weighted by molar-refractivity contribution is 7.99. The minimum absolute atomic E-state index is 0.137. The monoisotopic (exact) mass is 259 g/mol. The maximum Gasteiger partial charge on any atom is 0.163 e. The second-order valence-corrected chi connectivity index (χ2v) is 5.17. The number of halogens is 2. The van der Waals surface area contributed by atoms with E-state index in [9.17, 15) is 8.78 Å².